The predicted molar refractivity (Wildman–Crippen MR) is 109 cm³/mol. The lowest BCUT2D eigenvalue weighted by Crippen LogP contribution is -2.17. The SMILES string of the molecule is COc1cc(C(=O)c2c(C)nc(-c3ccc(C)cc3)n2OC)cc(OC)c1OC. The van der Waals surface area contributed by atoms with Gasteiger partial charge in [-0.15, -0.1) is 0 Å². The summed E-state index contributed by atoms with van der Waals surface area (Å²) in [5.74, 6) is 1.50. The van der Waals surface area contributed by atoms with Gasteiger partial charge in [-0.25, -0.2) is 4.98 Å². The van der Waals surface area contributed by atoms with Crippen molar-refractivity contribution in [3.05, 3.63) is 58.9 Å². The number of benzene rings is 2. The highest BCUT2D eigenvalue weighted by molar-refractivity contribution is 6.09. The summed E-state index contributed by atoms with van der Waals surface area (Å²) in [6.07, 6.45) is 0. The van der Waals surface area contributed by atoms with E-state index in [1.165, 1.54) is 33.2 Å². The van der Waals surface area contributed by atoms with Crippen LogP contribution in [0.2, 0.25) is 0 Å². The first-order valence-electron chi connectivity index (χ1n) is 9.00. The first kappa shape index (κ1) is 20.3. The molecule has 1 aromatic heterocycles. The van der Waals surface area contributed by atoms with Gasteiger partial charge < -0.3 is 19.0 Å². The van der Waals surface area contributed by atoms with Crippen LogP contribution in [0.5, 0.6) is 17.2 Å². The molecule has 0 amide bonds. The van der Waals surface area contributed by atoms with Crippen molar-refractivity contribution in [1.82, 2.24) is 9.71 Å². The molecule has 3 rings (SSSR count). The van der Waals surface area contributed by atoms with Crippen molar-refractivity contribution in [1.29, 1.82) is 0 Å². The Morgan fingerprint density at radius 2 is 1.48 bits per heavy atom. The van der Waals surface area contributed by atoms with Crippen LogP contribution >= 0.6 is 0 Å². The number of nitrogens with zero attached hydrogens (tertiary/aromatic N) is 2. The minimum absolute atomic E-state index is 0.269. The fourth-order valence-electron chi connectivity index (χ4n) is 3.18. The third-order valence-electron chi connectivity index (χ3n) is 4.65. The quantitative estimate of drug-likeness (QED) is 0.570. The number of aryl methyl sites for hydroxylation is 2. The molecular weight excluding hydrogens is 372 g/mol. The van der Waals surface area contributed by atoms with Gasteiger partial charge in [0.15, 0.2) is 23.0 Å². The lowest BCUT2D eigenvalue weighted by Gasteiger charge is -2.14. The van der Waals surface area contributed by atoms with Crippen LogP contribution in [0.25, 0.3) is 11.4 Å². The van der Waals surface area contributed by atoms with E-state index >= 15 is 0 Å². The Morgan fingerprint density at radius 3 is 1.97 bits per heavy atom. The van der Waals surface area contributed by atoms with Gasteiger partial charge in [-0.3, -0.25) is 4.79 Å². The summed E-state index contributed by atoms with van der Waals surface area (Å²) < 4.78 is 17.5. The molecule has 0 N–H and O–H groups in total. The Hall–Kier alpha value is -3.48. The molecule has 1 heterocycles. The fraction of sp³-hybridized carbons (Fsp3) is 0.273. The standard InChI is InChI=1S/C22H24N2O5/c1-13-7-9-15(10-8-13)22-23-14(2)19(24(22)29-6)20(25)16-11-17(26-3)21(28-5)18(12-16)27-4/h7-12H,1-6H3. The molecule has 0 aliphatic carbocycles. The van der Waals surface area contributed by atoms with E-state index < -0.39 is 0 Å². The van der Waals surface area contributed by atoms with Crippen LogP contribution in [-0.4, -0.2) is 43.9 Å². The number of ketones is 1. The zero-order valence-corrected chi connectivity index (χ0v) is 17.4. The molecule has 0 saturated carbocycles. The summed E-state index contributed by atoms with van der Waals surface area (Å²) in [5.41, 5.74) is 3.24. The number of carbonyl (C=O) groups excluding carboxylic acids is 1. The van der Waals surface area contributed by atoms with Crippen LogP contribution in [0.1, 0.15) is 27.3 Å². The zero-order valence-electron chi connectivity index (χ0n) is 17.4. The number of hydrogen-bond acceptors (Lipinski definition) is 6. The molecule has 3 aromatic rings. The summed E-state index contributed by atoms with van der Waals surface area (Å²) in [5, 5.41) is 0. The zero-order chi connectivity index (χ0) is 21.1. The largest absolute Gasteiger partial charge is 0.493 e. The molecule has 2 aromatic carbocycles. The van der Waals surface area contributed by atoms with Gasteiger partial charge in [0.05, 0.1) is 27.0 Å². The average Bonchev–Trinajstić information content (AvgIpc) is 3.08. The fourth-order valence-corrected chi connectivity index (χ4v) is 3.18. The minimum Gasteiger partial charge on any atom is -0.493 e. The Balaban J connectivity index is 2.14. The second-order valence-corrected chi connectivity index (χ2v) is 6.46. The Bertz CT molecular complexity index is 1010. The third kappa shape index (κ3) is 3.63. The van der Waals surface area contributed by atoms with Crippen LogP contribution in [0.4, 0.5) is 0 Å². The highest BCUT2D eigenvalue weighted by Crippen LogP contribution is 2.39. The maximum Gasteiger partial charge on any atom is 0.215 e. The number of rotatable bonds is 7. The van der Waals surface area contributed by atoms with Gasteiger partial charge in [0.1, 0.15) is 7.11 Å². The number of carbonyl (C=O) groups is 1. The van der Waals surface area contributed by atoms with Crippen molar-refractivity contribution in [2.75, 3.05) is 28.4 Å². The number of imidazole rings is 1. The van der Waals surface area contributed by atoms with E-state index in [2.05, 4.69) is 4.98 Å². The number of ether oxygens (including phenoxy) is 3. The molecule has 152 valence electrons. The third-order valence-corrected chi connectivity index (χ3v) is 4.65. The Labute approximate surface area is 169 Å². The Kier molecular flexibility index (Phi) is 5.77. The van der Waals surface area contributed by atoms with Crippen LogP contribution in [-0.2, 0) is 0 Å². The Morgan fingerprint density at radius 1 is 0.897 bits per heavy atom. The van der Waals surface area contributed by atoms with Gasteiger partial charge in [-0.1, -0.05) is 29.8 Å². The number of methoxy groups -OCH3 is 3. The summed E-state index contributed by atoms with van der Waals surface area (Å²) >= 11 is 0. The average molecular weight is 396 g/mol. The number of hydrogen-bond donors (Lipinski definition) is 0. The molecule has 0 aliphatic rings. The lowest BCUT2D eigenvalue weighted by molar-refractivity contribution is 0.0978. The van der Waals surface area contributed by atoms with Gasteiger partial charge in [0.25, 0.3) is 0 Å². The highest BCUT2D eigenvalue weighted by atomic mass is 16.6. The van der Waals surface area contributed by atoms with E-state index in [-0.39, 0.29) is 5.78 Å². The summed E-state index contributed by atoms with van der Waals surface area (Å²) in [6.45, 7) is 3.79. The van der Waals surface area contributed by atoms with Gasteiger partial charge >= 0.3 is 0 Å². The summed E-state index contributed by atoms with van der Waals surface area (Å²) in [4.78, 5) is 23.5. The van der Waals surface area contributed by atoms with Gasteiger partial charge in [0.2, 0.25) is 11.5 Å². The number of aromatic nitrogens is 2. The molecule has 0 aliphatic heterocycles. The molecular formula is C22H24N2O5. The van der Waals surface area contributed by atoms with Gasteiger partial charge in [-0.2, -0.15) is 4.73 Å². The van der Waals surface area contributed by atoms with Crippen LogP contribution in [0.15, 0.2) is 36.4 Å². The van der Waals surface area contributed by atoms with E-state index in [0.29, 0.717) is 40.0 Å². The molecule has 0 saturated heterocycles. The lowest BCUT2D eigenvalue weighted by atomic mass is 10.1. The van der Waals surface area contributed by atoms with Gasteiger partial charge in [0, 0.05) is 11.1 Å². The van der Waals surface area contributed by atoms with Crippen molar-refractivity contribution in [3.8, 4) is 28.6 Å². The van der Waals surface area contributed by atoms with E-state index in [1.54, 1.807) is 19.1 Å². The van der Waals surface area contributed by atoms with Gasteiger partial charge in [-0.05, 0) is 26.0 Å². The van der Waals surface area contributed by atoms with Crippen molar-refractivity contribution in [2.24, 2.45) is 0 Å². The molecule has 0 atom stereocenters. The topological polar surface area (TPSA) is 71.8 Å². The molecule has 7 nitrogen and oxygen atoms in total. The van der Waals surface area contributed by atoms with E-state index in [1.807, 2.05) is 31.2 Å². The van der Waals surface area contributed by atoms with E-state index in [4.69, 9.17) is 19.0 Å². The molecule has 0 bridgehead atoms. The maximum absolute atomic E-state index is 13.4. The first-order chi connectivity index (χ1) is 13.9. The van der Waals surface area contributed by atoms with Crippen LogP contribution in [0.3, 0.4) is 0 Å². The summed E-state index contributed by atoms with van der Waals surface area (Å²) in [7, 11) is 6.03. The molecule has 0 radical (unpaired) electrons. The van der Waals surface area contributed by atoms with E-state index in [9.17, 15) is 4.79 Å². The van der Waals surface area contributed by atoms with Crippen LogP contribution < -0.4 is 19.0 Å². The molecule has 7 heteroatoms. The maximum atomic E-state index is 13.4. The molecule has 0 spiro atoms. The smallest absolute Gasteiger partial charge is 0.215 e. The van der Waals surface area contributed by atoms with Crippen molar-refractivity contribution >= 4 is 5.78 Å². The normalized spacial score (nSPS) is 10.6. The minimum atomic E-state index is -0.269. The molecule has 29 heavy (non-hydrogen) atoms. The summed E-state index contributed by atoms with van der Waals surface area (Å²) in [6, 6.07) is 11.1. The molecule has 0 unspecified atom stereocenters. The monoisotopic (exact) mass is 396 g/mol. The van der Waals surface area contributed by atoms with E-state index in [0.717, 1.165) is 11.1 Å². The van der Waals surface area contributed by atoms with Crippen molar-refractivity contribution in [3.63, 3.8) is 0 Å². The molecule has 0 fully saturated rings. The highest BCUT2D eigenvalue weighted by Gasteiger charge is 2.26. The van der Waals surface area contributed by atoms with Crippen molar-refractivity contribution < 1.29 is 23.8 Å². The second-order valence-electron chi connectivity index (χ2n) is 6.46. The second kappa shape index (κ2) is 8.26. The predicted octanol–water partition coefficient (Wildman–Crippen LogP) is 3.48. The van der Waals surface area contributed by atoms with Crippen LogP contribution in [0, 0.1) is 13.8 Å². The first-order valence-corrected chi connectivity index (χ1v) is 9.00. The van der Waals surface area contributed by atoms with Crippen molar-refractivity contribution in [2.45, 2.75) is 13.8 Å².